The molecule has 1 aromatic rings. The van der Waals surface area contributed by atoms with Gasteiger partial charge in [-0.05, 0) is 32.2 Å². The van der Waals surface area contributed by atoms with Gasteiger partial charge in [0.05, 0.1) is 23.2 Å². The molecule has 19 heavy (non-hydrogen) atoms. The molecule has 0 radical (unpaired) electrons. The Bertz CT molecular complexity index is 410. The van der Waals surface area contributed by atoms with Crippen LogP contribution in [0.5, 0.6) is 0 Å². The lowest BCUT2D eigenvalue weighted by atomic mass is 9.76. The molecule has 1 aliphatic carbocycles. The molecular weight excluding hydrogens is 254 g/mol. The highest BCUT2D eigenvalue weighted by atomic mass is 32.1. The number of aromatic nitrogens is 1. The minimum atomic E-state index is 0.191. The molecule has 2 rings (SSSR count). The van der Waals surface area contributed by atoms with Crippen molar-refractivity contribution < 1.29 is 0 Å². The van der Waals surface area contributed by atoms with Gasteiger partial charge >= 0.3 is 0 Å². The number of rotatable bonds is 5. The van der Waals surface area contributed by atoms with Crippen molar-refractivity contribution in [2.24, 2.45) is 11.8 Å². The van der Waals surface area contributed by atoms with Gasteiger partial charge in [0.1, 0.15) is 0 Å². The summed E-state index contributed by atoms with van der Waals surface area (Å²) in [4.78, 5) is 6.69. The fourth-order valence-electron chi connectivity index (χ4n) is 3.23. The van der Waals surface area contributed by atoms with E-state index in [4.69, 9.17) is 0 Å². The summed E-state index contributed by atoms with van der Waals surface area (Å²) < 4.78 is 0. The molecule has 1 aliphatic rings. The van der Waals surface area contributed by atoms with Crippen LogP contribution in [0.25, 0.3) is 0 Å². The maximum atomic E-state index is 9.36. The Balaban J connectivity index is 1.99. The highest BCUT2D eigenvalue weighted by Gasteiger charge is 2.32. The quantitative estimate of drug-likeness (QED) is 0.824. The summed E-state index contributed by atoms with van der Waals surface area (Å²) in [7, 11) is 2.14. The van der Waals surface area contributed by atoms with Gasteiger partial charge in [0.25, 0.3) is 0 Å². The van der Waals surface area contributed by atoms with Crippen molar-refractivity contribution in [2.45, 2.75) is 51.6 Å². The number of hydrogen-bond donors (Lipinski definition) is 0. The predicted octanol–water partition coefficient (Wildman–Crippen LogP) is 3.68. The molecule has 0 saturated heterocycles. The van der Waals surface area contributed by atoms with E-state index in [0.29, 0.717) is 6.04 Å². The molecule has 0 N–H and O–H groups in total. The molecule has 3 unspecified atom stereocenters. The van der Waals surface area contributed by atoms with Crippen LogP contribution in [0.1, 0.15) is 44.7 Å². The Labute approximate surface area is 120 Å². The first-order valence-electron chi connectivity index (χ1n) is 7.21. The third kappa shape index (κ3) is 3.77. The second-order valence-electron chi connectivity index (χ2n) is 5.67. The maximum Gasteiger partial charge on any atom is 0.0795 e. The van der Waals surface area contributed by atoms with Crippen LogP contribution in [0, 0.1) is 23.2 Å². The van der Waals surface area contributed by atoms with Crippen LogP contribution in [0.15, 0.2) is 10.9 Å². The van der Waals surface area contributed by atoms with E-state index in [0.717, 1.165) is 24.6 Å². The van der Waals surface area contributed by atoms with Crippen molar-refractivity contribution in [3.8, 4) is 6.07 Å². The molecule has 104 valence electrons. The van der Waals surface area contributed by atoms with Crippen molar-refractivity contribution in [1.29, 1.82) is 5.26 Å². The smallest absolute Gasteiger partial charge is 0.0795 e. The normalized spacial score (nSPS) is 27.4. The molecule has 0 amide bonds. The van der Waals surface area contributed by atoms with E-state index in [9.17, 15) is 5.26 Å². The Kier molecular flexibility index (Phi) is 5.35. The molecule has 3 atom stereocenters. The number of nitriles is 1. The number of thiazole rings is 1. The topological polar surface area (TPSA) is 39.9 Å². The average molecular weight is 277 g/mol. The van der Waals surface area contributed by atoms with Crippen LogP contribution in [0.3, 0.4) is 0 Å². The standard InChI is InChI=1S/C15H23N3S/c1-3-4-12-5-6-13(8-16)15(7-12)18(2)9-14-10-19-11-17-14/h10-13,15H,3-7,9H2,1-2H3. The third-order valence-corrected chi connectivity index (χ3v) is 4.88. The van der Waals surface area contributed by atoms with Gasteiger partial charge in [-0.25, -0.2) is 4.98 Å². The second-order valence-corrected chi connectivity index (χ2v) is 6.38. The van der Waals surface area contributed by atoms with Crippen molar-refractivity contribution in [3.63, 3.8) is 0 Å². The summed E-state index contributed by atoms with van der Waals surface area (Å²) in [6.45, 7) is 3.12. The number of hydrogen-bond acceptors (Lipinski definition) is 4. The summed E-state index contributed by atoms with van der Waals surface area (Å²) in [6, 6.07) is 2.92. The fraction of sp³-hybridized carbons (Fsp3) is 0.733. The van der Waals surface area contributed by atoms with Gasteiger partial charge in [-0.15, -0.1) is 11.3 Å². The lowest BCUT2D eigenvalue weighted by Gasteiger charge is -2.38. The van der Waals surface area contributed by atoms with Crippen molar-refractivity contribution in [2.75, 3.05) is 7.05 Å². The highest BCUT2D eigenvalue weighted by molar-refractivity contribution is 7.07. The maximum absolute atomic E-state index is 9.36. The van der Waals surface area contributed by atoms with Crippen LogP contribution < -0.4 is 0 Å². The summed E-state index contributed by atoms with van der Waals surface area (Å²) in [6.07, 6.45) is 6.02. The first kappa shape index (κ1) is 14.5. The van der Waals surface area contributed by atoms with E-state index in [1.54, 1.807) is 11.3 Å². The Morgan fingerprint density at radius 1 is 1.53 bits per heavy atom. The van der Waals surface area contributed by atoms with Crippen LogP contribution in [0.4, 0.5) is 0 Å². The van der Waals surface area contributed by atoms with Crippen molar-refractivity contribution in [3.05, 3.63) is 16.6 Å². The zero-order chi connectivity index (χ0) is 13.7. The zero-order valence-corrected chi connectivity index (χ0v) is 12.7. The Hall–Kier alpha value is -0.920. The molecule has 0 aromatic carbocycles. The van der Waals surface area contributed by atoms with Crippen LogP contribution in [0.2, 0.25) is 0 Å². The van der Waals surface area contributed by atoms with E-state index in [1.807, 2.05) is 5.51 Å². The first-order chi connectivity index (χ1) is 9.24. The molecule has 1 heterocycles. The molecule has 1 fully saturated rings. The SMILES string of the molecule is CCCC1CCC(C#N)C(N(C)Cc2cscn2)C1. The summed E-state index contributed by atoms with van der Waals surface area (Å²) in [5, 5.41) is 11.5. The summed E-state index contributed by atoms with van der Waals surface area (Å²) in [5.41, 5.74) is 3.01. The second kappa shape index (κ2) is 7.02. The van der Waals surface area contributed by atoms with E-state index in [-0.39, 0.29) is 5.92 Å². The Morgan fingerprint density at radius 2 is 2.37 bits per heavy atom. The van der Waals surface area contributed by atoms with Gasteiger partial charge < -0.3 is 0 Å². The lowest BCUT2D eigenvalue weighted by molar-refractivity contribution is 0.115. The molecule has 0 spiro atoms. The minimum absolute atomic E-state index is 0.191. The van der Waals surface area contributed by atoms with Crippen molar-refractivity contribution >= 4 is 11.3 Å². The van der Waals surface area contributed by atoms with Crippen LogP contribution in [-0.4, -0.2) is 23.0 Å². The first-order valence-corrected chi connectivity index (χ1v) is 8.15. The molecule has 0 aliphatic heterocycles. The molecule has 3 nitrogen and oxygen atoms in total. The van der Waals surface area contributed by atoms with Crippen molar-refractivity contribution in [1.82, 2.24) is 9.88 Å². The van der Waals surface area contributed by atoms with E-state index < -0.39 is 0 Å². The van der Waals surface area contributed by atoms with Crippen LogP contribution in [-0.2, 0) is 6.54 Å². The zero-order valence-electron chi connectivity index (χ0n) is 11.9. The molecule has 1 aromatic heterocycles. The van der Waals surface area contributed by atoms with Gasteiger partial charge in [-0.1, -0.05) is 19.8 Å². The lowest BCUT2D eigenvalue weighted by Crippen LogP contribution is -2.41. The monoisotopic (exact) mass is 277 g/mol. The molecule has 0 bridgehead atoms. The molecule has 1 saturated carbocycles. The van der Waals surface area contributed by atoms with E-state index in [1.165, 1.54) is 25.7 Å². The van der Waals surface area contributed by atoms with Gasteiger partial charge in [-0.3, -0.25) is 4.90 Å². The third-order valence-electron chi connectivity index (χ3n) is 4.25. The largest absolute Gasteiger partial charge is 0.296 e. The van der Waals surface area contributed by atoms with Gasteiger partial charge in [0.15, 0.2) is 0 Å². The Morgan fingerprint density at radius 3 is 3.00 bits per heavy atom. The molecular formula is C15H23N3S. The summed E-state index contributed by atoms with van der Waals surface area (Å²) in [5.74, 6) is 0.995. The highest BCUT2D eigenvalue weighted by Crippen LogP contribution is 2.34. The summed E-state index contributed by atoms with van der Waals surface area (Å²) >= 11 is 1.64. The van der Waals surface area contributed by atoms with Gasteiger partial charge in [0, 0.05) is 18.0 Å². The fourth-order valence-corrected chi connectivity index (χ4v) is 3.78. The predicted molar refractivity (Wildman–Crippen MR) is 78.7 cm³/mol. The van der Waals surface area contributed by atoms with Gasteiger partial charge in [-0.2, -0.15) is 5.26 Å². The minimum Gasteiger partial charge on any atom is -0.296 e. The average Bonchev–Trinajstić information content (AvgIpc) is 2.92. The van der Waals surface area contributed by atoms with E-state index in [2.05, 4.69) is 35.3 Å². The van der Waals surface area contributed by atoms with Crippen LogP contribution >= 0.6 is 11.3 Å². The van der Waals surface area contributed by atoms with E-state index >= 15 is 0 Å². The van der Waals surface area contributed by atoms with Gasteiger partial charge in [0.2, 0.25) is 0 Å². The number of nitrogens with zero attached hydrogens (tertiary/aromatic N) is 3. The molecule has 4 heteroatoms.